The number of carbonyl (C=O) groups is 1. The molecule has 4 N–H and O–H groups in total. The van der Waals surface area contributed by atoms with Crippen LogP contribution in [0.15, 0.2) is 0 Å². The van der Waals surface area contributed by atoms with Crippen molar-refractivity contribution in [3.05, 3.63) is 0 Å². The smallest absolute Gasteiger partial charge is 0.404 e. The lowest BCUT2D eigenvalue weighted by Gasteiger charge is -2.02. The summed E-state index contributed by atoms with van der Waals surface area (Å²) >= 11 is 0. The number of hydrogen-bond acceptors (Lipinski definition) is 2. The Morgan fingerprint density at radius 2 is 1.24 bits per heavy atom. The van der Waals surface area contributed by atoms with Crippen LogP contribution in [-0.4, -0.2) is 24.3 Å². The van der Waals surface area contributed by atoms with Gasteiger partial charge < -0.3 is 16.2 Å². The van der Waals surface area contributed by atoms with Crippen LogP contribution in [0, 0.1) is 0 Å². The van der Waals surface area contributed by atoms with Gasteiger partial charge in [-0.2, -0.15) is 0 Å². The van der Waals surface area contributed by atoms with Crippen LogP contribution in [0.4, 0.5) is 4.79 Å². The van der Waals surface area contributed by atoms with E-state index < -0.39 is 6.09 Å². The molecular weight excluding hydrogens is 216 g/mol. The lowest BCUT2D eigenvalue weighted by atomic mass is 10.1. The van der Waals surface area contributed by atoms with Gasteiger partial charge in [-0.3, -0.25) is 0 Å². The van der Waals surface area contributed by atoms with E-state index in [0.717, 1.165) is 25.8 Å². The number of hydrogen-bond donors (Lipinski definition) is 3. The zero-order valence-electron chi connectivity index (χ0n) is 10.9. The molecule has 0 saturated heterocycles. The molecule has 4 nitrogen and oxygen atoms in total. The van der Waals surface area contributed by atoms with E-state index in [-0.39, 0.29) is 0 Å². The molecule has 17 heavy (non-hydrogen) atoms. The second-order valence-electron chi connectivity index (χ2n) is 4.56. The van der Waals surface area contributed by atoms with E-state index >= 15 is 0 Å². The molecule has 0 rings (SSSR count). The summed E-state index contributed by atoms with van der Waals surface area (Å²) in [6.07, 6.45) is 11.4. The topological polar surface area (TPSA) is 75.3 Å². The molecule has 0 atom stereocenters. The van der Waals surface area contributed by atoms with Crippen molar-refractivity contribution < 1.29 is 9.90 Å². The summed E-state index contributed by atoms with van der Waals surface area (Å²) in [5.41, 5.74) is 5.43. The fraction of sp³-hybridized carbons (Fsp3) is 0.923. The molecule has 102 valence electrons. The third kappa shape index (κ3) is 15.2. The molecule has 0 aromatic carbocycles. The van der Waals surface area contributed by atoms with Crippen molar-refractivity contribution in [1.29, 1.82) is 0 Å². The second-order valence-corrected chi connectivity index (χ2v) is 4.56. The molecule has 0 radical (unpaired) electrons. The first kappa shape index (κ1) is 16.2. The molecule has 0 saturated carbocycles. The molecule has 0 aromatic heterocycles. The van der Waals surface area contributed by atoms with Gasteiger partial charge >= 0.3 is 6.09 Å². The second kappa shape index (κ2) is 13.3. The summed E-state index contributed by atoms with van der Waals surface area (Å²) in [6, 6.07) is 0. The first-order valence-corrected chi connectivity index (χ1v) is 6.94. The number of rotatable bonds is 12. The number of nitrogens with two attached hydrogens (primary N) is 1. The summed E-state index contributed by atoms with van der Waals surface area (Å²) in [5.74, 6) is 0. The minimum absolute atomic E-state index is 0.592. The van der Waals surface area contributed by atoms with Gasteiger partial charge in [-0.25, -0.2) is 4.79 Å². The zero-order chi connectivity index (χ0) is 12.8. The average molecular weight is 244 g/mol. The summed E-state index contributed by atoms with van der Waals surface area (Å²) in [4.78, 5) is 10.2. The van der Waals surface area contributed by atoms with Crippen molar-refractivity contribution in [2.75, 3.05) is 13.1 Å². The van der Waals surface area contributed by atoms with E-state index in [1.165, 1.54) is 44.9 Å². The van der Waals surface area contributed by atoms with Crippen molar-refractivity contribution >= 4 is 6.09 Å². The van der Waals surface area contributed by atoms with Gasteiger partial charge in [-0.15, -0.1) is 0 Å². The Kier molecular flexibility index (Phi) is 12.7. The van der Waals surface area contributed by atoms with Gasteiger partial charge in [-0.05, 0) is 19.4 Å². The Balaban J connectivity index is 2.91. The van der Waals surface area contributed by atoms with Gasteiger partial charge in [0.1, 0.15) is 0 Å². The lowest BCUT2D eigenvalue weighted by Crippen LogP contribution is -2.21. The van der Waals surface area contributed by atoms with Gasteiger partial charge in [0.05, 0.1) is 0 Å². The number of carboxylic acid groups (broad SMARTS) is 1. The van der Waals surface area contributed by atoms with Crippen molar-refractivity contribution in [3.8, 4) is 0 Å². The number of amides is 1. The lowest BCUT2D eigenvalue weighted by molar-refractivity contribution is 0.194. The van der Waals surface area contributed by atoms with E-state index in [4.69, 9.17) is 10.8 Å². The fourth-order valence-corrected chi connectivity index (χ4v) is 1.88. The van der Waals surface area contributed by atoms with Crippen molar-refractivity contribution in [2.45, 2.75) is 64.2 Å². The summed E-state index contributed by atoms with van der Waals surface area (Å²) in [5, 5.41) is 10.7. The normalized spacial score (nSPS) is 10.4. The first-order valence-electron chi connectivity index (χ1n) is 6.94. The van der Waals surface area contributed by atoms with Crippen LogP contribution in [0.1, 0.15) is 64.2 Å². The highest BCUT2D eigenvalue weighted by Crippen LogP contribution is 2.10. The minimum atomic E-state index is -0.914. The molecule has 0 spiro atoms. The summed E-state index contributed by atoms with van der Waals surface area (Å²) in [7, 11) is 0. The molecule has 1 amide bonds. The Bertz CT molecular complexity index is 175. The zero-order valence-corrected chi connectivity index (χ0v) is 10.9. The predicted octanol–water partition coefficient (Wildman–Crippen LogP) is 3.11. The minimum Gasteiger partial charge on any atom is -0.465 e. The van der Waals surface area contributed by atoms with E-state index in [0.29, 0.717) is 6.54 Å². The predicted molar refractivity (Wildman–Crippen MR) is 71.3 cm³/mol. The summed E-state index contributed by atoms with van der Waals surface area (Å²) < 4.78 is 0. The SMILES string of the molecule is NCCCCCCCCCCCCNC(=O)O. The highest BCUT2D eigenvalue weighted by Gasteiger charge is 1.94. The molecule has 0 aliphatic carbocycles. The molecule has 4 heteroatoms. The van der Waals surface area contributed by atoms with Crippen LogP contribution in [0.2, 0.25) is 0 Å². The van der Waals surface area contributed by atoms with E-state index in [9.17, 15) is 4.79 Å². The fourth-order valence-electron chi connectivity index (χ4n) is 1.88. The van der Waals surface area contributed by atoms with Crippen molar-refractivity contribution in [1.82, 2.24) is 5.32 Å². The van der Waals surface area contributed by atoms with Gasteiger partial charge in [-0.1, -0.05) is 51.4 Å². The third-order valence-electron chi connectivity index (χ3n) is 2.91. The van der Waals surface area contributed by atoms with Gasteiger partial charge in [0, 0.05) is 6.54 Å². The third-order valence-corrected chi connectivity index (χ3v) is 2.91. The van der Waals surface area contributed by atoms with E-state index in [1.807, 2.05) is 0 Å². The van der Waals surface area contributed by atoms with E-state index in [2.05, 4.69) is 5.32 Å². The maximum absolute atomic E-state index is 10.2. The van der Waals surface area contributed by atoms with Gasteiger partial charge in [0.25, 0.3) is 0 Å². The average Bonchev–Trinajstić information content (AvgIpc) is 2.30. The molecule has 0 bridgehead atoms. The Labute approximate surface area is 105 Å². The van der Waals surface area contributed by atoms with Gasteiger partial charge in [0.15, 0.2) is 0 Å². The van der Waals surface area contributed by atoms with Crippen molar-refractivity contribution in [2.24, 2.45) is 5.73 Å². The Morgan fingerprint density at radius 3 is 1.65 bits per heavy atom. The molecule has 0 fully saturated rings. The number of nitrogens with one attached hydrogen (secondary N) is 1. The standard InChI is InChI=1S/C13H28N2O2/c14-11-9-7-5-3-1-2-4-6-8-10-12-15-13(16)17/h15H,1-12,14H2,(H,16,17). The van der Waals surface area contributed by atoms with Crippen LogP contribution in [-0.2, 0) is 0 Å². The number of unbranched alkanes of at least 4 members (excludes halogenated alkanes) is 9. The monoisotopic (exact) mass is 244 g/mol. The Morgan fingerprint density at radius 1 is 0.824 bits per heavy atom. The largest absolute Gasteiger partial charge is 0.465 e. The van der Waals surface area contributed by atoms with Crippen LogP contribution in [0.25, 0.3) is 0 Å². The van der Waals surface area contributed by atoms with E-state index in [1.54, 1.807) is 0 Å². The van der Waals surface area contributed by atoms with Crippen LogP contribution in [0.5, 0.6) is 0 Å². The van der Waals surface area contributed by atoms with Crippen LogP contribution < -0.4 is 11.1 Å². The Hall–Kier alpha value is -0.770. The summed E-state index contributed by atoms with van der Waals surface area (Å²) in [6.45, 7) is 1.42. The van der Waals surface area contributed by atoms with Crippen molar-refractivity contribution in [3.63, 3.8) is 0 Å². The molecule has 0 aromatic rings. The van der Waals surface area contributed by atoms with Gasteiger partial charge in [0.2, 0.25) is 0 Å². The van der Waals surface area contributed by atoms with Crippen LogP contribution >= 0.6 is 0 Å². The maximum atomic E-state index is 10.2. The molecular formula is C13H28N2O2. The molecule has 0 heterocycles. The maximum Gasteiger partial charge on any atom is 0.404 e. The van der Waals surface area contributed by atoms with Crippen LogP contribution in [0.3, 0.4) is 0 Å². The first-order chi connectivity index (χ1) is 8.27. The highest BCUT2D eigenvalue weighted by molar-refractivity contribution is 5.64. The quantitative estimate of drug-likeness (QED) is 0.462. The molecule has 0 aliphatic heterocycles. The molecule has 0 unspecified atom stereocenters. The highest BCUT2D eigenvalue weighted by atomic mass is 16.4. The molecule has 0 aliphatic rings.